The molecule has 1 unspecified atom stereocenters. The summed E-state index contributed by atoms with van der Waals surface area (Å²) in [5.74, 6) is 0.561. The normalized spacial score (nSPS) is 12.7. The average Bonchev–Trinajstić information content (AvgIpc) is 2.26. The number of nitrogens with one attached hydrogen (secondary N) is 1. The van der Waals surface area contributed by atoms with Gasteiger partial charge in [-0.3, -0.25) is 0 Å². The van der Waals surface area contributed by atoms with Gasteiger partial charge < -0.3 is 10.4 Å². The zero-order valence-electron chi connectivity index (χ0n) is 9.45. The maximum Gasteiger partial charge on any atom is 0.0434 e. The number of benzene rings is 1. The van der Waals surface area contributed by atoms with Crippen molar-refractivity contribution in [1.82, 2.24) is 5.32 Å². The molecule has 0 bridgehead atoms. The summed E-state index contributed by atoms with van der Waals surface area (Å²) >= 11 is 0. The van der Waals surface area contributed by atoms with Crippen LogP contribution in [0.1, 0.15) is 18.9 Å². The molecule has 1 rings (SSSR count). The Morgan fingerprint density at radius 2 is 2.00 bits per heavy atom. The Labute approximate surface area is 92.3 Å². The van der Waals surface area contributed by atoms with Crippen LogP contribution in [0.5, 0.6) is 0 Å². The molecule has 0 radical (unpaired) electrons. The zero-order valence-corrected chi connectivity index (χ0v) is 9.45. The summed E-state index contributed by atoms with van der Waals surface area (Å²) in [6, 6.07) is 10.5. The second kappa shape index (κ2) is 7.43. The quantitative estimate of drug-likeness (QED) is 0.669. The molecule has 0 amide bonds. The lowest BCUT2D eigenvalue weighted by Crippen LogP contribution is -2.24. The monoisotopic (exact) mass is 207 g/mol. The number of hydrogen-bond acceptors (Lipinski definition) is 2. The van der Waals surface area contributed by atoms with E-state index in [0.717, 1.165) is 25.9 Å². The number of aliphatic hydroxyl groups is 1. The summed E-state index contributed by atoms with van der Waals surface area (Å²) in [7, 11) is 0. The molecular formula is C13H21NO. The Balaban J connectivity index is 2.07. The summed E-state index contributed by atoms with van der Waals surface area (Å²) in [6.07, 6.45) is 1.96. The third-order valence-corrected chi connectivity index (χ3v) is 2.55. The van der Waals surface area contributed by atoms with Crippen LogP contribution >= 0.6 is 0 Å². The van der Waals surface area contributed by atoms with Crippen LogP contribution < -0.4 is 5.32 Å². The molecule has 0 aliphatic carbocycles. The Hall–Kier alpha value is -0.860. The minimum atomic E-state index is 0.293. The lowest BCUT2D eigenvalue weighted by atomic mass is 10.1. The highest BCUT2D eigenvalue weighted by molar-refractivity contribution is 5.14. The van der Waals surface area contributed by atoms with Crippen molar-refractivity contribution in [2.75, 3.05) is 19.7 Å². The van der Waals surface area contributed by atoms with Crippen molar-refractivity contribution >= 4 is 0 Å². The molecule has 0 spiro atoms. The predicted octanol–water partition coefficient (Wildman–Crippen LogP) is 1.84. The SMILES string of the molecule is CC(CCO)CNCCc1ccccc1. The summed E-state index contributed by atoms with van der Waals surface area (Å²) < 4.78 is 0. The van der Waals surface area contributed by atoms with Gasteiger partial charge >= 0.3 is 0 Å². The van der Waals surface area contributed by atoms with Gasteiger partial charge in [0, 0.05) is 6.61 Å². The maximum absolute atomic E-state index is 8.74. The average molecular weight is 207 g/mol. The fourth-order valence-electron chi connectivity index (χ4n) is 1.55. The van der Waals surface area contributed by atoms with Crippen molar-refractivity contribution in [3.8, 4) is 0 Å². The highest BCUT2D eigenvalue weighted by Gasteiger charge is 1.99. The van der Waals surface area contributed by atoms with Gasteiger partial charge in [-0.2, -0.15) is 0 Å². The van der Waals surface area contributed by atoms with E-state index in [2.05, 4.69) is 36.5 Å². The minimum absolute atomic E-state index is 0.293. The third kappa shape index (κ3) is 5.55. The molecule has 84 valence electrons. The molecule has 0 saturated heterocycles. The fraction of sp³-hybridized carbons (Fsp3) is 0.538. The van der Waals surface area contributed by atoms with E-state index in [1.807, 2.05) is 6.07 Å². The van der Waals surface area contributed by atoms with Crippen LogP contribution in [0.2, 0.25) is 0 Å². The lowest BCUT2D eigenvalue weighted by Gasteiger charge is -2.10. The van der Waals surface area contributed by atoms with Gasteiger partial charge in [0.2, 0.25) is 0 Å². The molecule has 0 aliphatic rings. The van der Waals surface area contributed by atoms with E-state index < -0.39 is 0 Å². The number of hydrogen-bond donors (Lipinski definition) is 2. The van der Waals surface area contributed by atoms with E-state index in [1.165, 1.54) is 5.56 Å². The van der Waals surface area contributed by atoms with Crippen LogP contribution in [-0.2, 0) is 6.42 Å². The molecule has 15 heavy (non-hydrogen) atoms. The van der Waals surface area contributed by atoms with E-state index in [-0.39, 0.29) is 0 Å². The van der Waals surface area contributed by atoms with Crippen LogP contribution in [-0.4, -0.2) is 24.8 Å². The van der Waals surface area contributed by atoms with Crippen molar-refractivity contribution in [3.05, 3.63) is 35.9 Å². The first-order valence-corrected chi connectivity index (χ1v) is 5.68. The van der Waals surface area contributed by atoms with E-state index in [0.29, 0.717) is 12.5 Å². The van der Waals surface area contributed by atoms with Crippen LogP contribution in [0.25, 0.3) is 0 Å². The van der Waals surface area contributed by atoms with Gasteiger partial charge in [-0.15, -0.1) is 0 Å². The van der Waals surface area contributed by atoms with Gasteiger partial charge in [0.1, 0.15) is 0 Å². The van der Waals surface area contributed by atoms with E-state index in [1.54, 1.807) is 0 Å². The fourth-order valence-corrected chi connectivity index (χ4v) is 1.55. The molecule has 2 heteroatoms. The van der Waals surface area contributed by atoms with Crippen molar-refractivity contribution < 1.29 is 5.11 Å². The molecule has 1 atom stereocenters. The van der Waals surface area contributed by atoms with E-state index >= 15 is 0 Å². The van der Waals surface area contributed by atoms with Crippen molar-refractivity contribution in [2.24, 2.45) is 5.92 Å². The molecule has 1 aromatic carbocycles. The van der Waals surface area contributed by atoms with Gasteiger partial charge in [-0.25, -0.2) is 0 Å². The van der Waals surface area contributed by atoms with Crippen LogP contribution in [0, 0.1) is 5.92 Å². The maximum atomic E-state index is 8.74. The van der Waals surface area contributed by atoms with Gasteiger partial charge in [0.25, 0.3) is 0 Å². The van der Waals surface area contributed by atoms with Crippen LogP contribution in [0.4, 0.5) is 0 Å². The molecule has 0 aliphatic heterocycles. The number of rotatable bonds is 7. The molecule has 1 aromatic rings. The van der Waals surface area contributed by atoms with Crippen LogP contribution in [0.3, 0.4) is 0 Å². The summed E-state index contributed by atoms with van der Waals surface area (Å²) in [5.41, 5.74) is 1.37. The first-order chi connectivity index (χ1) is 7.33. The van der Waals surface area contributed by atoms with Gasteiger partial charge in [0.15, 0.2) is 0 Å². The Bertz CT molecular complexity index is 248. The first-order valence-electron chi connectivity index (χ1n) is 5.68. The third-order valence-electron chi connectivity index (χ3n) is 2.55. The molecule has 0 aromatic heterocycles. The number of aliphatic hydroxyl groups excluding tert-OH is 1. The molecule has 0 saturated carbocycles. The summed E-state index contributed by atoms with van der Waals surface area (Å²) in [5, 5.41) is 12.2. The topological polar surface area (TPSA) is 32.3 Å². The summed E-state index contributed by atoms with van der Waals surface area (Å²) in [6.45, 7) is 4.46. The molecule has 2 nitrogen and oxygen atoms in total. The second-order valence-corrected chi connectivity index (χ2v) is 4.06. The molecule has 2 N–H and O–H groups in total. The Morgan fingerprint density at radius 1 is 1.27 bits per heavy atom. The lowest BCUT2D eigenvalue weighted by molar-refractivity contribution is 0.260. The standard InChI is InChI=1S/C13H21NO/c1-12(8-10-15)11-14-9-7-13-5-3-2-4-6-13/h2-6,12,14-15H,7-11H2,1H3. The highest BCUT2D eigenvalue weighted by Crippen LogP contribution is 2.00. The second-order valence-electron chi connectivity index (χ2n) is 4.06. The van der Waals surface area contributed by atoms with Gasteiger partial charge in [-0.05, 0) is 37.4 Å². The van der Waals surface area contributed by atoms with Crippen LogP contribution in [0.15, 0.2) is 30.3 Å². The summed E-state index contributed by atoms with van der Waals surface area (Å²) in [4.78, 5) is 0. The Morgan fingerprint density at radius 3 is 2.67 bits per heavy atom. The van der Waals surface area contributed by atoms with Crippen molar-refractivity contribution in [2.45, 2.75) is 19.8 Å². The van der Waals surface area contributed by atoms with Gasteiger partial charge in [0.05, 0.1) is 0 Å². The van der Waals surface area contributed by atoms with Crippen molar-refractivity contribution in [3.63, 3.8) is 0 Å². The smallest absolute Gasteiger partial charge is 0.0434 e. The van der Waals surface area contributed by atoms with E-state index in [9.17, 15) is 0 Å². The molecular weight excluding hydrogens is 186 g/mol. The highest BCUT2D eigenvalue weighted by atomic mass is 16.3. The van der Waals surface area contributed by atoms with Crippen molar-refractivity contribution in [1.29, 1.82) is 0 Å². The molecule has 0 fully saturated rings. The van der Waals surface area contributed by atoms with E-state index in [4.69, 9.17) is 5.11 Å². The Kier molecular flexibility index (Phi) is 6.05. The minimum Gasteiger partial charge on any atom is -0.396 e. The largest absolute Gasteiger partial charge is 0.396 e. The predicted molar refractivity (Wildman–Crippen MR) is 63.9 cm³/mol. The molecule has 0 heterocycles. The zero-order chi connectivity index (χ0) is 10.9. The van der Waals surface area contributed by atoms with Gasteiger partial charge in [-0.1, -0.05) is 37.3 Å². The first kappa shape index (κ1) is 12.2.